The van der Waals surface area contributed by atoms with Gasteiger partial charge in [0.15, 0.2) is 0 Å². The molecule has 1 heterocycles. The van der Waals surface area contributed by atoms with Crippen LogP contribution < -0.4 is 5.32 Å². The van der Waals surface area contributed by atoms with Gasteiger partial charge in [-0.2, -0.15) is 4.31 Å². The number of piperidine rings is 1. The van der Waals surface area contributed by atoms with Gasteiger partial charge in [0.1, 0.15) is 0 Å². The van der Waals surface area contributed by atoms with Crippen LogP contribution in [0.25, 0.3) is 0 Å². The maximum atomic E-state index is 13.1. The van der Waals surface area contributed by atoms with Gasteiger partial charge in [-0.15, -0.1) is 0 Å². The van der Waals surface area contributed by atoms with Crippen molar-refractivity contribution < 1.29 is 18.0 Å². The van der Waals surface area contributed by atoms with E-state index in [0.717, 1.165) is 38.5 Å². The lowest BCUT2D eigenvalue weighted by molar-refractivity contribution is -0.127. The third kappa shape index (κ3) is 5.66. The Morgan fingerprint density at radius 1 is 1.10 bits per heavy atom. The van der Waals surface area contributed by atoms with Gasteiger partial charge < -0.3 is 10.2 Å². The number of hydrogen-bond acceptors (Lipinski definition) is 4. The van der Waals surface area contributed by atoms with E-state index < -0.39 is 10.0 Å². The van der Waals surface area contributed by atoms with Crippen molar-refractivity contribution in [3.8, 4) is 0 Å². The number of nitrogens with one attached hydrogen (secondary N) is 1. The molecule has 0 radical (unpaired) electrons. The molecule has 1 aromatic rings. The van der Waals surface area contributed by atoms with Gasteiger partial charge in [0.2, 0.25) is 15.9 Å². The van der Waals surface area contributed by atoms with E-state index in [1.54, 1.807) is 30.9 Å². The van der Waals surface area contributed by atoms with Crippen molar-refractivity contribution in [2.75, 3.05) is 20.1 Å². The maximum absolute atomic E-state index is 13.1. The summed E-state index contributed by atoms with van der Waals surface area (Å²) in [6.07, 6.45) is 7.16. The minimum atomic E-state index is -3.67. The third-order valence-corrected chi connectivity index (χ3v) is 8.55. The number of amides is 2. The molecule has 1 aliphatic carbocycles. The molecule has 1 aromatic carbocycles. The molecule has 1 atom stereocenters. The maximum Gasteiger partial charge on any atom is 0.253 e. The Morgan fingerprint density at radius 2 is 1.81 bits per heavy atom. The molecule has 0 bridgehead atoms. The molecule has 2 aliphatic rings. The van der Waals surface area contributed by atoms with Crippen molar-refractivity contribution in [2.45, 2.75) is 75.8 Å². The van der Waals surface area contributed by atoms with Crippen LogP contribution in [0.4, 0.5) is 0 Å². The highest BCUT2D eigenvalue weighted by Gasteiger charge is 2.31. The zero-order chi connectivity index (χ0) is 22.6. The number of likely N-dealkylation sites (tertiary alicyclic amines) is 1. The Labute approximate surface area is 186 Å². The Kier molecular flexibility index (Phi) is 7.75. The predicted octanol–water partition coefficient (Wildman–Crippen LogP) is 3.02. The molecule has 0 spiro atoms. The molecule has 1 unspecified atom stereocenters. The zero-order valence-corrected chi connectivity index (χ0v) is 19.7. The second-order valence-corrected chi connectivity index (χ2v) is 11.1. The zero-order valence-electron chi connectivity index (χ0n) is 18.8. The summed E-state index contributed by atoms with van der Waals surface area (Å²) < 4.78 is 26.9. The van der Waals surface area contributed by atoms with E-state index >= 15 is 0 Å². The van der Waals surface area contributed by atoms with Crippen LogP contribution in [-0.2, 0) is 14.8 Å². The van der Waals surface area contributed by atoms with Crippen molar-refractivity contribution in [1.82, 2.24) is 14.5 Å². The Bertz CT molecular complexity index is 894. The van der Waals surface area contributed by atoms with E-state index in [1.807, 2.05) is 0 Å². The Balaban J connectivity index is 1.69. The fourth-order valence-corrected chi connectivity index (χ4v) is 5.77. The van der Waals surface area contributed by atoms with Gasteiger partial charge in [-0.25, -0.2) is 8.42 Å². The number of hydrogen-bond donors (Lipinski definition) is 1. The number of rotatable bonds is 6. The van der Waals surface area contributed by atoms with Crippen LogP contribution in [0.15, 0.2) is 29.2 Å². The van der Waals surface area contributed by atoms with Crippen molar-refractivity contribution in [1.29, 1.82) is 0 Å². The van der Waals surface area contributed by atoms with E-state index in [4.69, 9.17) is 0 Å². The van der Waals surface area contributed by atoms with E-state index in [-0.39, 0.29) is 34.7 Å². The number of sulfonamides is 1. The van der Waals surface area contributed by atoms with Crippen molar-refractivity contribution in [3.63, 3.8) is 0 Å². The number of carbonyl (C=O) groups is 2. The van der Waals surface area contributed by atoms with Crippen LogP contribution in [0.2, 0.25) is 0 Å². The van der Waals surface area contributed by atoms with Crippen LogP contribution in [0, 0.1) is 5.92 Å². The minimum Gasteiger partial charge on any atom is -0.353 e. The van der Waals surface area contributed by atoms with E-state index in [2.05, 4.69) is 5.32 Å². The summed E-state index contributed by atoms with van der Waals surface area (Å²) in [6.45, 7) is 4.56. The second kappa shape index (κ2) is 10.1. The van der Waals surface area contributed by atoms with Gasteiger partial charge in [-0.05, 0) is 57.7 Å². The predicted molar refractivity (Wildman–Crippen MR) is 120 cm³/mol. The van der Waals surface area contributed by atoms with Crippen molar-refractivity contribution >= 4 is 21.8 Å². The Hall–Kier alpha value is -1.93. The molecule has 2 amide bonds. The average Bonchev–Trinajstić information content (AvgIpc) is 2.78. The first-order valence-corrected chi connectivity index (χ1v) is 12.8. The van der Waals surface area contributed by atoms with Gasteiger partial charge in [-0.3, -0.25) is 9.59 Å². The molecule has 3 rings (SSSR count). The lowest BCUT2D eigenvalue weighted by atomic mass is 9.93. The van der Waals surface area contributed by atoms with E-state index in [1.165, 1.54) is 29.9 Å². The van der Waals surface area contributed by atoms with Crippen LogP contribution in [0.1, 0.15) is 69.2 Å². The van der Waals surface area contributed by atoms with Crippen LogP contribution in [0.3, 0.4) is 0 Å². The summed E-state index contributed by atoms with van der Waals surface area (Å²) in [5.41, 5.74) is 0.339. The highest BCUT2D eigenvalue weighted by atomic mass is 32.2. The fraction of sp³-hybridized carbons (Fsp3) is 0.652. The van der Waals surface area contributed by atoms with E-state index in [9.17, 15) is 18.0 Å². The van der Waals surface area contributed by atoms with Gasteiger partial charge >= 0.3 is 0 Å². The van der Waals surface area contributed by atoms with Crippen LogP contribution in [-0.4, -0.2) is 61.7 Å². The third-order valence-electron chi connectivity index (χ3n) is 6.52. The molecule has 7 nitrogen and oxygen atoms in total. The normalized spacial score (nSPS) is 20.8. The molecule has 1 saturated carbocycles. The molecule has 1 aliphatic heterocycles. The lowest BCUT2D eigenvalue weighted by Crippen LogP contribution is -2.48. The molecule has 0 aromatic heterocycles. The smallest absolute Gasteiger partial charge is 0.253 e. The molecular weight excluding hydrogens is 414 g/mol. The largest absolute Gasteiger partial charge is 0.353 e. The molecule has 1 saturated heterocycles. The lowest BCUT2D eigenvalue weighted by Gasteiger charge is -2.33. The van der Waals surface area contributed by atoms with Crippen molar-refractivity contribution in [2.24, 2.45) is 5.92 Å². The fourth-order valence-electron chi connectivity index (χ4n) is 4.36. The average molecular weight is 450 g/mol. The molecule has 8 heteroatoms. The van der Waals surface area contributed by atoms with Crippen molar-refractivity contribution in [3.05, 3.63) is 29.8 Å². The highest BCUT2D eigenvalue weighted by molar-refractivity contribution is 7.89. The first-order chi connectivity index (χ1) is 14.7. The summed E-state index contributed by atoms with van der Waals surface area (Å²) in [4.78, 5) is 27.7. The SMILES string of the molecule is CC(C)N(C)S(=O)(=O)c1cccc(C(=O)N2CCCC(C(=O)NC3CCCCC3)C2)c1. The van der Waals surface area contributed by atoms with Gasteiger partial charge in [-0.1, -0.05) is 25.3 Å². The van der Waals surface area contributed by atoms with Crippen LogP contribution in [0.5, 0.6) is 0 Å². The molecule has 172 valence electrons. The second-order valence-electron chi connectivity index (χ2n) is 9.08. The summed E-state index contributed by atoms with van der Waals surface area (Å²) in [5, 5.41) is 3.18. The Morgan fingerprint density at radius 3 is 2.48 bits per heavy atom. The molecule has 1 N–H and O–H groups in total. The standard InChI is InChI=1S/C23H35N3O4S/c1-17(2)25(3)31(29,30)21-13-7-9-18(15-21)23(28)26-14-8-10-19(16-26)22(27)24-20-11-5-4-6-12-20/h7,9,13,15,17,19-20H,4-6,8,10-12,14,16H2,1-3H3,(H,24,27). The van der Waals surface area contributed by atoms with E-state index in [0.29, 0.717) is 18.7 Å². The quantitative estimate of drug-likeness (QED) is 0.723. The summed E-state index contributed by atoms with van der Waals surface area (Å²) in [6, 6.07) is 6.28. The first-order valence-electron chi connectivity index (χ1n) is 11.4. The molecular formula is C23H35N3O4S. The minimum absolute atomic E-state index is 0.0410. The number of nitrogens with zero attached hydrogens (tertiary/aromatic N) is 2. The monoisotopic (exact) mass is 449 g/mol. The number of carbonyl (C=O) groups excluding carboxylic acids is 2. The number of benzene rings is 1. The highest BCUT2D eigenvalue weighted by Crippen LogP contribution is 2.23. The van der Waals surface area contributed by atoms with Gasteiger partial charge in [0.25, 0.3) is 5.91 Å². The summed E-state index contributed by atoms with van der Waals surface area (Å²) in [7, 11) is -2.13. The van der Waals surface area contributed by atoms with Crippen LogP contribution >= 0.6 is 0 Å². The summed E-state index contributed by atoms with van der Waals surface area (Å²) >= 11 is 0. The topological polar surface area (TPSA) is 86.8 Å². The first kappa shape index (κ1) is 23.7. The molecule has 31 heavy (non-hydrogen) atoms. The van der Waals surface area contributed by atoms with Gasteiger partial charge in [0, 0.05) is 37.8 Å². The van der Waals surface area contributed by atoms with Gasteiger partial charge in [0.05, 0.1) is 10.8 Å². The molecule has 2 fully saturated rings. The summed E-state index contributed by atoms with van der Waals surface area (Å²) in [5.74, 6) is -0.391.